The summed E-state index contributed by atoms with van der Waals surface area (Å²) in [6, 6.07) is 14.0. The van der Waals surface area contributed by atoms with Gasteiger partial charge in [-0.3, -0.25) is 9.59 Å². The Labute approximate surface area is 140 Å². The molecule has 0 amide bonds. The van der Waals surface area contributed by atoms with Gasteiger partial charge in [0.05, 0.1) is 13.0 Å². The smallest absolute Gasteiger partial charge is 0.309 e. The van der Waals surface area contributed by atoms with E-state index in [0.29, 0.717) is 16.3 Å². The first-order chi connectivity index (χ1) is 11.0. The summed E-state index contributed by atoms with van der Waals surface area (Å²) in [7, 11) is 0. The third-order valence-electron chi connectivity index (χ3n) is 3.13. The lowest BCUT2D eigenvalue weighted by Gasteiger charge is -2.07. The van der Waals surface area contributed by atoms with E-state index in [1.54, 1.807) is 24.3 Å². The molecule has 0 spiro atoms. The van der Waals surface area contributed by atoms with E-state index in [4.69, 9.17) is 21.1 Å². The topological polar surface area (TPSA) is 52.6 Å². The highest BCUT2D eigenvalue weighted by atomic mass is 35.5. The monoisotopic (exact) mass is 332 g/mol. The normalized spacial score (nSPS) is 10.2. The molecule has 0 saturated carbocycles. The van der Waals surface area contributed by atoms with Crippen molar-refractivity contribution in [2.45, 2.75) is 13.3 Å². The van der Waals surface area contributed by atoms with Crippen LogP contribution in [0.5, 0.6) is 5.75 Å². The predicted molar refractivity (Wildman–Crippen MR) is 88.0 cm³/mol. The van der Waals surface area contributed by atoms with Crippen molar-refractivity contribution in [2.75, 3.05) is 13.2 Å². The van der Waals surface area contributed by atoms with Gasteiger partial charge in [0.25, 0.3) is 0 Å². The van der Waals surface area contributed by atoms with Crippen molar-refractivity contribution in [3.05, 3.63) is 64.7 Å². The standard InChI is InChI=1S/C18H17ClO4/c1-13-2-8-16(9-3-13)22-11-10-18(21)23-12-17(20)14-4-6-15(19)7-5-14/h2-9H,10-12H2,1H3. The fourth-order valence-corrected chi connectivity index (χ4v) is 1.95. The summed E-state index contributed by atoms with van der Waals surface area (Å²) in [5.74, 6) is -0.0467. The van der Waals surface area contributed by atoms with E-state index < -0.39 is 5.97 Å². The molecular weight excluding hydrogens is 316 g/mol. The highest BCUT2D eigenvalue weighted by Crippen LogP contribution is 2.12. The number of Topliss-reactive ketones (excluding diaryl/α,β-unsaturated/α-hetero) is 1. The van der Waals surface area contributed by atoms with Crippen LogP contribution in [0.25, 0.3) is 0 Å². The second-order valence-corrected chi connectivity index (χ2v) is 5.44. The van der Waals surface area contributed by atoms with Crippen LogP contribution in [0.3, 0.4) is 0 Å². The Bertz CT molecular complexity index is 662. The number of ketones is 1. The molecule has 2 rings (SSSR count). The van der Waals surface area contributed by atoms with Gasteiger partial charge >= 0.3 is 5.97 Å². The van der Waals surface area contributed by atoms with E-state index in [9.17, 15) is 9.59 Å². The molecule has 0 aromatic heterocycles. The molecule has 23 heavy (non-hydrogen) atoms. The minimum Gasteiger partial charge on any atom is -0.493 e. The molecule has 120 valence electrons. The largest absolute Gasteiger partial charge is 0.493 e. The number of rotatable bonds is 7. The summed E-state index contributed by atoms with van der Waals surface area (Å²) in [6.45, 7) is 1.90. The van der Waals surface area contributed by atoms with E-state index in [1.165, 1.54) is 0 Å². The SMILES string of the molecule is Cc1ccc(OCCC(=O)OCC(=O)c2ccc(Cl)cc2)cc1. The molecule has 0 fully saturated rings. The lowest BCUT2D eigenvalue weighted by molar-refractivity contribution is -0.143. The molecule has 0 saturated heterocycles. The van der Waals surface area contributed by atoms with Gasteiger partial charge in [-0.1, -0.05) is 29.3 Å². The number of hydrogen-bond donors (Lipinski definition) is 0. The fraction of sp³-hybridized carbons (Fsp3) is 0.222. The summed E-state index contributed by atoms with van der Waals surface area (Å²) >= 11 is 5.75. The van der Waals surface area contributed by atoms with Crippen LogP contribution in [-0.2, 0) is 9.53 Å². The Kier molecular flexibility index (Phi) is 6.18. The zero-order chi connectivity index (χ0) is 16.7. The van der Waals surface area contributed by atoms with Crippen molar-refractivity contribution in [3.63, 3.8) is 0 Å². The molecule has 2 aromatic rings. The van der Waals surface area contributed by atoms with Crippen LogP contribution in [0.15, 0.2) is 48.5 Å². The van der Waals surface area contributed by atoms with Crippen LogP contribution in [0.1, 0.15) is 22.3 Å². The van der Waals surface area contributed by atoms with E-state index in [0.717, 1.165) is 5.56 Å². The summed E-state index contributed by atoms with van der Waals surface area (Å²) < 4.78 is 10.4. The molecule has 0 N–H and O–H groups in total. The van der Waals surface area contributed by atoms with Gasteiger partial charge < -0.3 is 9.47 Å². The van der Waals surface area contributed by atoms with Crippen LogP contribution in [0.2, 0.25) is 5.02 Å². The minimum absolute atomic E-state index is 0.0851. The first-order valence-corrected chi connectivity index (χ1v) is 7.56. The van der Waals surface area contributed by atoms with Crippen molar-refractivity contribution in [1.29, 1.82) is 0 Å². The zero-order valence-electron chi connectivity index (χ0n) is 12.8. The van der Waals surface area contributed by atoms with Crippen LogP contribution in [-0.4, -0.2) is 25.0 Å². The number of ether oxygens (including phenoxy) is 2. The number of aryl methyl sites for hydroxylation is 1. The number of halogens is 1. The first-order valence-electron chi connectivity index (χ1n) is 7.18. The second kappa shape index (κ2) is 8.34. The van der Waals surface area contributed by atoms with Gasteiger partial charge in [-0.15, -0.1) is 0 Å². The molecule has 2 aromatic carbocycles. The lowest BCUT2D eigenvalue weighted by Crippen LogP contribution is -2.16. The Hall–Kier alpha value is -2.33. The van der Waals surface area contributed by atoms with Gasteiger partial charge in [0, 0.05) is 10.6 Å². The average molecular weight is 333 g/mol. The first kappa shape index (κ1) is 17.0. The van der Waals surface area contributed by atoms with Gasteiger partial charge in [0.1, 0.15) is 5.75 Å². The van der Waals surface area contributed by atoms with Crippen LogP contribution < -0.4 is 4.74 Å². The van der Waals surface area contributed by atoms with Crippen LogP contribution >= 0.6 is 11.6 Å². The maximum absolute atomic E-state index is 11.8. The molecule has 0 bridgehead atoms. The minimum atomic E-state index is -0.473. The van der Waals surface area contributed by atoms with Gasteiger partial charge in [-0.25, -0.2) is 0 Å². The highest BCUT2D eigenvalue weighted by molar-refractivity contribution is 6.30. The second-order valence-electron chi connectivity index (χ2n) is 5.00. The Balaban J connectivity index is 1.69. The molecule has 0 aliphatic rings. The molecule has 5 heteroatoms. The summed E-state index contributed by atoms with van der Waals surface area (Å²) in [6.07, 6.45) is 0.0851. The Morgan fingerprint density at radius 3 is 2.30 bits per heavy atom. The summed E-state index contributed by atoms with van der Waals surface area (Å²) in [5, 5.41) is 0.548. The third-order valence-corrected chi connectivity index (χ3v) is 3.38. The molecular formula is C18H17ClO4. The summed E-state index contributed by atoms with van der Waals surface area (Å²) in [4.78, 5) is 23.4. The van der Waals surface area contributed by atoms with Crippen molar-refractivity contribution in [1.82, 2.24) is 0 Å². The Morgan fingerprint density at radius 2 is 1.65 bits per heavy atom. The van der Waals surface area contributed by atoms with Crippen molar-refractivity contribution < 1.29 is 19.1 Å². The maximum Gasteiger partial charge on any atom is 0.309 e. The number of benzene rings is 2. The van der Waals surface area contributed by atoms with Crippen molar-refractivity contribution in [3.8, 4) is 5.75 Å². The van der Waals surface area contributed by atoms with Crippen molar-refractivity contribution in [2.24, 2.45) is 0 Å². The molecule has 0 unspecified atom stereocenters. The molecule has 0 heterocycles. The van der Waals surface area contributed by atoms with Gasteiger partial charge in [-0.05, 0) is 43.3 Å². The molecule has 0 radical (unpaired) electrons. The van der Waals surface area contributed by atoms with Gasteiger partial charge in [0.2, 0.25) is 0 Å². The average Bonchev–Trinajstić information content (AvgIpc) is 2.55. The summed E-state index contributed by atoms with van der Waals surface area (Å²) in [5.41, 5.74) is 1.59. The molecule has 0 atom stereocenters. The van der Waals surface area contributed by atoms with E-state index in [2.05, 4.69) is 0 Å². The van der Waals surface area contributed by atoms with Gasteiger partial charge in [-0.2, -0.15) is 0 Å². The van der Waals surface area contributed by atoms with E-state index in [1.807, 2.05) is 31.2 Å². The number of carbonyl (C=O) groups is 2. The third kappa shape index (κ3) is 5.75. The molecule has 4 nitrogen and oxygen atoms in total. The quantitative estimate of drug-likeness (QED) is 0.571. The zero-order valence-corrected chi connectivity index (χ0v) is 13.5. The molecule has 0 aliphatic heterocycles. The predicted octanol–water partition coefficient (Wildman–Crippen LogP) is 3.84. The lowest BCUT2D eigenvalue weighted by atomic mass is 10.1. The van der Waals surface area contributed by atoms with Gasteiger partial charge in [0.15, 0.2) is 12.4 Å². The molecule has 0 aliphatic carbocycles. The van der Waals surface area contributed by atoms with Crippen molar-refractivity contribution >= 4 is 23.4 Å². The highest BCUT2D eigenvalue weighted by Gasteiger charge is 2.10. The van der Waals surface area contributed by atoms with E-state index >= 15 is 0 Å². The number of hydrogen-bond acceptors (Lipinski definition) is 4. The van der Waals surface area contributed by atoms with Crippen LogP contribution in [0.4, 0.5) is 0 Å². The number of carbonyl (C=O) groups excluding carboxylic acids is 2. The van der Waals surface area contributed by atoms with E-state index in [-0.39, 0.29) is 25.4 Å². The van der Waals surface area contributed by atoms with Crippen LogP contribution in [0, 0.1) is 6.92 Å². The maximum atomic E-state index is 11.8. The fourth-order valence-electron chi connectivity index (χ4n) is 1.82. The number of esters is 1. The Morgan fingerprint density at radius 1 is 1.00 bits per heavy atom.